The van der Waals surface area contributed by atoms with Crippen LogP contribution in [0.3, 0.4) is 0 Å². The molecule has 150 valence electrons. The zero-order valence-corrected chi connectivity index (χ0v) is 16.0. The smallest absolute Gasteiger partial charge is 0.293 e. The minimum Gasteiger partial charge on any atom is -0.454 e. The summed E-state index contributed by atoms with van der Waals surface area (Å²) in [5, 5.41) is 5.61. The molecule has 3 heterocycles. The maximum absolute atomic E-state index is 13.2. The molecule has 28 heavy (non-hydrogen) atoms. The van der Waals surface area contributed by atoms with E-state index in [1.54, 1.807) is 6.92 Å². The second kappa shape index (κ2) is 7.92. The molecular weight excluding hydrogens is 424 g/mol. The maximum Gasteiger partial charge on any atom is 0.293 e. The number of hydrogen-bond donors (Lipinski definition) is 1. The van der Waals surface area contributed by atoms with E-state index in [4.69, 9.17) is 16.0 Å². The lowest BCUT2D eigenvalue weighted by atomic mass is 10.3. The molecule has 3 aromatic heterocycles. The summed E-state index contributed by atoms with van der Waals surface area (Å²) in [5.41, 5.74) is -0.991. The fraction of sp³-hybridized carbons (Fsp3) is 0.312. The molecule has 12 heteroatoms. The van der Waals surface area contributed by atoms with E-state index < -0.39 is 41.7 Å². The van der Waals surface area contributed by atoms with E-state index in [1.165, 1.54) is 23.5 Å². The Labute approximate surface area is 165 Å². The van der Waals surface area contributed by atoms with Crippen LogP contribution in [0.4, 0.5) is 22.7 Å². The highest BCUT2D eigenvalue weighted by molar-refractivity contribution is 7.15. The molecule has 6 nitrogen and oxygen atoms in total. The Hall–Kier alpha value is -2.40. The number of aryl methyl sites for hydroxylation is 2. The third-order valence-corrected chi connectivity index (χ3v) is 5.19. The number of amides is 1. The summed E-state index contributed by atoms with van der Waals surface area (Å²) >= 11 is 6.89. The van der Waals surface area contributed by atoms with Gasteiger partial charge >= 0.3 is 0 Å². The molecule has 0 aliphatic heterocycles. The van der Waals surface area contributed by atoms with E-state index in [9.17, 15) is 22.4 Å². The van der Waals surface area contributed by atoms with E-state index in [1.807, 2.05) is 6.92 Å². The molecule has 0 spiro atoms. The third-order valence-electron chi connectivity index (χ3n) is 3.81. The van der Waals surface area contributed by atoms with Crippen molar-refractivity contribution >= 4 is 34.0 Å². The quantitative estimate of drug-likeness (QED) is 0.526. The van der Waals surface area contributed by atoms with Gasteiger partial charge in [-0.3, -0.25) is 14.8 Å². The van der Waals surface area contributed by atoms with Gasteiger partial charge < -0.3 is 4.42 Å². The van der Waals surface area contributed by atoms with Gasteiger partial charge in [0.1, 0.15) is 17.1 Å². The SMILES string of the molecule is Cc1nc(NC(=O)c2ccc(Cn3nc(C(F)F)c(Cl)c3C(F)F)o2)sc1C. The number of carbonyl (C=O) groups is 1. The van der Waals surface area contributed by atoms with Gasteiger partial charge in [-0.25, -0.2) is 22.5 Å². The van der Waals surface area contributed by atoms with Crippen LogP contribution in [0.5, 0.6) is 0 Å². The van der Waals surface area contributed by atoms with Crippen molar-refractivity contribution < 1.29 is 26.8 Å². The molecule has 3 rings (SSSR count). The molecule has 0 radical (unpaired) electrons. The number of halogens is 5. The van der Waals surface area contributed by atoms with E-state index in [-0.39, 0.29) is 11.5 Å². The van der Waals surface area contributed by atoms with Crippen LogP contribution in [0, 0.1) is 13.8 Å². The van der Waals surface area contributed by atoms with Crippen LogP contribution in [0.15, 0.2) is 16.5 Å². The highest BCUT2D eigenvalue weighted by Gasteiger charge is 2.28. The average Bonchev–Trinajstić information content (AvgIpc) is 3.27. The van der Waals surface area contributed by atoms with Gasteiger partial charge in [-0.1, -0.05) is 11.6 Å². The molecule has 1 amide bonds. The van der Waals surface area contributed by atoms with Crippen LogP contribution in [-0.4, -0.2) is 20.7 Å². The maximum atomic E-state index is 13.2. The second-order valence-electron chi connectivity index (χ2n) is 5.72. The molecule has 0 bridgehead atoms. The molecule has 1 N–H and O–H groups in total. The van der Waals surface area contributed by atoms with E-state index in [0.717, 1.165) is 10.6 Å². The molecule has 0 aliphatic carbocycles. The Bertz CT molecular complexity index is 995. The second-order valence-corrected chi connectivity index (χ2v) is 7.31. The number of alkyl halides is 4. The van der Waals surface area contributed by atoms with E-state index in [2.05, 4.69) is 15.4 Å². The van der Waals surface area contributed by atoms with Gasteiger partial charge in [0, 0.05) is 4.88 Å². The van der Waals surface area contributed by atoms with Crippen molar-refractivity contribution in [3.05, 3.63) is 50.6 Å². The monoisotopic (exact) mass is 436 g/mol. The molecule has 0 aliphatic rings. The van der Waals surface area contributed by atoms with Gasteiger partial charge in [0.2, 0.25) is 0 Å². The summed E-state index contributed by atoms with van der Waals surface area (Å²) in [7, 11) is 0. The summed E-state index contributed by atoms with van der Waals surface area (Å²) < 4.78 is 58.1. The van der Waals surface area contributed by atoms with Crippen LogP contribution in [0.25, 0.3) is 0 Å². The Balaban J connectivity index is 1.79. The molecule has 0 saturated heterocycles. The van der Waals surface area contributed by atoms with Gasteiger partial charge in [0.05, 0.1) is 17.3 Å². The fourth-order valence-corrected chi connectivity index (χ4v) is 3.47. The molecule has 0 atom stereocenters. The summed E-state index contributed by atoms with van der Waals surface area (Å²) in [4.78, 5) is 17.3. The summed E-state index contributed by atoms with van der Waals surface area (Å²) in [6, 6.07) is 2.69. The van der Waals surface area contributed by atoms with Crippen LogP contribution in [0.2, 0.25) is 5.02 Å². The van der Waals surface area contributed by atoms with Crippen LogP contribution < -0.4 is 5.32 Å². The Morgan fingerprint density at radius 1 is 1.29 bits per heavy atom. The number of thiazole rings is 1. The lowest BCUT2D eigenvalue weighted by molar-refractivity contribution is 0.0994. The molecule has 0 fully saturated rings. The minimum absolute atomic E-state index is 0.0681. The van der Waals surface area contributed by atoms with Gasteiger partial charge in [-0.2, -0.15) is 5.10 Å². The number of rotatable bonds is 6. The molecule has 0 unspecified atom stereocenters. The third kappa shape index (κ3) is 4.04. The van der Waals surface area contributed by atoms with Crippen LogP contribution in [0.1, 0.15) is 51.1 Å². The molecular formula is C16H13ClF4N4O2S. The van der Waals surface area contributed by atoms with Gasteiger partial charge in [0.15, 0.2) is 10.9 Å². The van der Waals surface area contributed by atoms with Crippen molar-refractivity contribution in [2.45, 2.75) is 33.2 Å². The van der Waals surface area contributed by atoms with Crippen LogP contribution in [-0.2, 0) is 6.54 Å². The summed E-state index contributed by atoms with van der Waals surface area (Å²) in [5.74, 6) is -0.606. The predicted octanol–water partition coefficient (Wildman–Crippen LogP) is 5.38. The Morgan fingerprint density at radius 3 is 2.57 bits per heavy atom. The van der Waals surface area contributed by atoms with Crippen molar-refractivity contribution in [3.8, 4) is 0 Å². The summed E-state index contributed by atoms with van der Waals surface area (Å²) in [6.45, 7) is 3.27. The fourth-order valence-electron chi connectivity index (χ4n) is 2.36. The number of aromatic nitrogens is 3. The van der Waals surface area contributed by atoms with E-state index in [0.29, 0.717) is 9.81 Å². The standard InChI is InChI=1S/C16H13ClF4N4O2S/c1-6-7(2)28-16(22-6)23-15(26)9-4-3-8(27-9)5-25-12(14(20)21)10(17)11(24-25)13(18)19/h3-4,13-14H,5H2,1-2H3,(H,22,23,26). The van der Waals surface area contributed by atoms with Crippen molar-refractivity contribution in [2.24, 2.45) is 0 Å². The predicted molar refractivity (Wildman–Crippen MR) is 94.5 cm³/mol. The molecule has 0 aromatic carbocycles. The normalized spacial score (nSPS) is 11.6. The zero-order chi connectivity index (χ0) is 20.6. The first-order chi connectivity index (χ1) is 13.2. The number of hydrogen-bond acceptors (Lipinski definition) is 5. The topological polar surface area (TPSA) is 73.0 Å². The average molecular weight is 437 g/mol. The molecule has 3 aromatic rings. The van der Waals surface area contributed by atoms with Crippen LogP contribution >= 0.6 is 22.9 Å². The first-order valence-corrected chi connectivity index (χ1v) is 9.03. The molecule has 0 saturated carbocycles. The minimum atomic E-state index is -3.11. The van der Waals surface area contributed by atoms with Crippen molar-refractivity contribution in [1.82, 2.24) is 14.8 Å². The lowest BCUT2D eigenvalue weighted by Crippen LogP contribution is -2.11. The highest BCUT2D eigenvalue weighted by Crippen LogP contribution is 2.35. The largest absolute Gasteiger partial charge is 0.454 e. The number of furan rings is 1. The van der Waals surface area contributed by atoms with E-state index >= 15 is 0 Å². The van der Waals surface area contributed by atoms with Crippen molar-refractivity contribution in [3.63, 3.8) is 0 Å². The lowest BCUT2D eigenvalue weighted by Gasteiger charge is -2.05. The zero-order valence-electron chi connectivity index (χ0n) is 14.5. The Morgan fingerprint density at radius 2 is 2.00 bits per heavy atom. The first kappa shape index (κ1) is 20.3. The summed E-state index contributed by atoms with van der Waals surface area (Å²) in [6.07, 6.45) is -6.21. The number of carbonyl (C=O) groups excluding carboxylic acids is 1. The number of anilines is 1. The Kier molecular flexibility index (Phi) is 5.75. The van der Waals surface area contributed by atoms with Gasteiger partial charge in [0.25, 0.3) is 18.8 Å². The van der Waals surface area contributed by atoms with Gasteiger partial charge in [-0.05, 0) is 26.0 Å². The van der Waals surface area contributed by atoms with Crippen molar-refractivity contribution in [1.29, 1.82) is 0 Å². The van der Waals surface area contributed by atoms with Crippen molar-refractivity contribution in [2.75, 3.05) is 5.32 Å². The number of nitrogens with one attached hydrogen (secondary N) is 1. The highest BCUT2D eigenvalue weighted by atomic mass is 35.5. The first-order valence-electron chi connectivity index (χ1n) is 7.83. The number of nitrogens with zero attached hydrogens (tertiary/aromatic N) is 3. The van der Waals surface area contributed by atoms with Gasteiger partial charge in [-0.15, -0.1) is 11.3 Å².